The molecule has 23 heavy (non-hydrogen) atoms. The second-order valence-corrected chi connectivity index (χ2v) is 6.41. The van der Waals surface area contributed by atoms with E-state index in [1.807, 2.05) is 42.5 Å². The largest absolute Gasteiger partial charge is 0.481 e. The molecule has 0 aliphatic heterocycles. The van der Waals surface area contributed by atoms with Gasteiger partial charge in [0, 0.05) is 6.42 Å². The Labute approximate surface area is 133 Å². The van der Waals surface area contributed by atoms with Gasteiger partial charge in [-0.05, 0) is 35.1 Å². The lowest BCUT2D eigenvalue weighted by Crippen LogP contribution is -2.60. The summed E-state index contributed by atoms with van der Waals surface area (Å²) in [5.41, 5.74) is 5.62. The quantitative estimate of drug-likeness (QED) is 0.786. The van der Waals surface area contributed by atoms with Crippen molar-refractivity contribution in [3.8, 4) is 0 Å². The number of aliphatic carboxylic acids is 2. The summed E-state index contributed by atoms with van der Waals surface area (Å²) >= 11 is 0. The van der Waals surface area contributed by atoms with Gasteiger partial charge in [0.1, 0.15) is 5.54 Å². The first-order chi connectivity index (χ1) is 10.9. The number of benzene rings is 2. The van der Waals surface area contributed by atoms with Crippen molar-refractivity contribution in [2.24, 2.45) is 17.6 Å². The molecule has 1 fully saturated rings. The summed E-state index contributed by atoms with van der Waals surface area (Å²) in [6.07, 6.45) is 0.849. The average Bonchev–Trinajstić information content (AvgIpc) is 2.44. The van der Waals surface area contributed by atoms with Crippen LogP contribution in [0.5, 0.6) is 0 Å². The van der Waals surface area contributed by atoms with E-state index in [0.29, 0.717) is 12.8 Å². The fourth-order valence-electron chi connectivity index (χ4n) is 3.32. The summed E-state index contributed by atoms with van der Waals surface area (Å²) in [4.78, 5) is 22.7. The van der Waals surface area contributed by atoms with Crippen LogP contribution in [0.1, 0.15) is 18.4 Å². The molecule has 1 atom stereocenters. The number of carbonyl (C=O) groups is 2. The predicted molar refractivity (Wildman–Crippen MR) is 86.1 cm³/mol. The molecule has 4 N–H and O–H groups in total. The first kappa shape index (κ1) is 15.5. The molecule has 1 aliphatic carbocycles. The zero-order valence-corrected chi connectivity index (χ0v) is 12.6. The number of nitrogens with two attached hydrogens (primary N) is 1. The second kappa shape index (κ2) is 5.66. The van der Waals surface area contributed by atoms with E-state index in [0.717, 1.165) is 16.3 Å². The Morgan fingerprint density at radius 1 is 1.09 bits per heavy atom. The van der Waals surface area contributed by atoms with Crippen molar-refractivity contribution in [3.63, 3.8) is 0 Å². The summed E-state index contributed by atoms with van der Waals surface area (Å²) in [5.74, 6) is -2.73. The lowest BCUT2D eigenvalue weighted by atomic mass is 9.63. The Kier molecular flexibility index (Phi) is 3.82. The van der Waals surface area contributed by atoms with Crippen LogP contribution in [0.2, 0.25) is 0 Å². The fourth-order valence-corrected chi connectivity index (χ4v) is 3.32. The number of carboxylic acids is 2. The molecular formula is C18H19NO4. The highest BCUT2D eigenvalue weighted by molar-refractivity contribution is 5.84. The van der Waals surface area contributed by atoms with E-state index in [4.69, 9.17) is 10.8 Å². The summed E-state index contributed by atoms with van der Waals surface area (Å²) < 4.78 is 0. The molecule has 1 unspecified atom stereocenters. The van der Waals surface area contributed by atoms with Gasteiger partial charge in [-0.25, -0.2) is 0 Å². The molecule has 2 aromatic rings. The second-order valence-electron chi connectivity index (χ2n) is 6.41. The molecule has 1 aliphatic rings. The molecule has 2 aromatic carbocycles. The third kappa shape index (κ3) is 2.80. The Hall–Kier alpha value is -2.40. The van der Waals surface area contributed by atoms with Gasteiger partial charge in [-0.3, -0.25) is 9.59 Å². The zero-order chi connectivity index (χ0) is 16.6. The maximum atomic E-state index is 11.7. The van der Waals surface area contributed by atoms with Crippen molar-refractivity contribution in [1.82, 2.24) is 0 Å². The van der Waals surface area contributed by atoms with Crippen molar-refractivity contribution in [1.29, 1.82) is 0 Å². The smallest absolute Gasteiger partial charge is 0.324 e. The molecule has 0 saturated heterocycles. The molecule has 0 heterocycles. The molecule has 0 aromatic heterocycles. The Bertz CT molecular complexity index is 766. The van der Waals surface area contributed by atoms with Crippen LogP contribution in [-0.4, -0.2) is 27.7 Å². The van der Waals surface area contributed by atoms with Gasteiger partial charge in [-0.1, -0.05) is 42.5 Å². The Morgan fingerprint density at radius 3 is 2.35 bits per heavy atom. The molecule has 0 bridgehead atoms. The maximum absolute atomic E-state index is 11.7. The van der Waals surface area contributed by atoms with Crippen LogP contribution in [0.4, 0.5) is 0 Å². The van der Waals surface area contributed by atoms with E-state index >= 15 is 0 Å². The molecule has 5 nitrogen and oxygen atoms in total. The number of hydrogen-bond donors (Lipinski definition) is 3. The highest BCUT2D eigenvalue weighted by atomic mass is 16.4. The third-order valence-electron chi connectivity index (χ3n) is 4.92. The highest BCUT2D eigenvalue weighted by Gasteiger charge is 2.50. The number of fused-ring (bicyclic) bond motifs is 1. The summed E-state index contributed by atoms with van der Waals surface area (Å²) in [6, 6.07) is 13.6. The zero-order valence-electron chi connectivity index (χ0n) is 12.6. The van der Waals surface area contributed by atoms with Crippen LogP contribution < -0.4 is 5.73 Å². The van der Waals surface area contributed by atoms with E-state index in [1.54, 1.807) is 0 Å². The highest BCUT2D eigenvalue weighted by Crippen LogP contribution is 2.41. The van der Waals surface area contributed by atoms with E-state index in [1.165, 1.54) is 0 Å². The van der Waals surface area contributed by atoms with Crippen molar-refractivity contribution in [3.05, 3.63) is 48.0 Å². The Morgan fingerprint density at radius 2 is 1.74 bits per heavy atom. The standard InChI is InChI=1S/C18H19NO4/c19-18(17(22)23,15-8-14(9-15)16(20)21)10-11-5-6-12-3-1-2-4-13(12)7-11/h1-7,14-15H,8-10,19H2,(H,20,21)(H,22,23). The van der Waals surface area contributed by atoms with E-state index < -0.39 is 23.4 Å². The molecule has 1 saturated carbocycles. The minimum atomic E-state index is -1.42. The molecule has 0 spiro atoms. The van der Waals surface area contributed by atoms with Gasteiger partial charge in [0.2, 0.25) is 0 Å². The van der Waals surface area contributed by atoms with Crippen molar-refractivity contribution in [2.75, 3.05) is 0 Å². The summed E-state index contributed by atoms with van der Waals surface area (Å²) in [6.45, 7) is 0. The molecule has 5 heteroatoms. The lowest BCUT2D eigenvalue weighted by Gasteiger charge is -2.43. The van der Waals surface area contributed by atoms with Crippen molar-refractivity contribution < 1.29 is 19.8 Å². The van der Waals surface area contributed by atoms with E-state index in [2.05, 4.69) is 0 Å². The average molecular weight is 313 g/mol. The normalized spacial score (nSPS) is 23.0. The molecule has 0 radical (unpaired) electrons. The minimum Gasteiger partial charge on any atom is -0.481 e. The van der Waals surface area contributed by atoms with Crippen molar-refractivity contribution in [2.45, 2.75) is 24.8 Å². The lowest BCUT2D eigenvalue weighted by molar-refractivity contribution is -0.155. The summed E-state index contributed by atoms with van der Waals surface area (Å²) in [7, 11) is 0. The van der Waals surface area contributed by atoms with E-state index in [9.17, 15) is 14.7 Å². The van der Waals surface area contributed by atoms with Gasteiger partial charge in [-0.2, -0.15) is 0 Å². The number of rotatable bonds is 5. The maximum Gasteiger partial charge on any atom is 0.324 e. The van der Waals surface area contributed by atoms with Gasteiger partial charge in [0.05, 0.1) is 5.92 Å². The van der Waals surface area contributed by atoms with Crippen LogP contribution in [-0.2, 0) is 16.0 Å². The predicted octanol–water partition coefficient (Wildman–Crippen LogP) is 2.28. The van der Waals surface area contributed by atoms with Crippen LogP contribution >= 0.6 is 0 Å². The monoisotopic (exact) mass is 313 g/mol. The summed E-state index contributed by atoms with van der Waals surface area (Å²) in [5, 5.41) is 20.7. The van der Waals surface area contributed by atoms with Gasteiger partial charge in [0.15, 0.2) is 0 Å². The molecule has 0 amide bonds. The first-order valence-corrected chi connectivity index (χ1v) is 7.63. The van der Waals surface area contributed by atoms with Gasteiger partial charge in [-0.15, -0.1) is 0 Å². The van der Waals surface area contributed by atoms with Crippen LogP contribution in [0.15, 0.2) is 42.5 Å². The minimum absolute atomic E-state index is 0.199. The van der Waals surface area contributed by atoms with Crippen LogP contribution in [0.25, 0.3) is 10.8 Å². The molecule has 3 rings (SSSR count). The SMILES string of the molecule is NC(Cc1ccc2ccccc2c1)(C(=O)O)C1CC(C(=O)O)C1. The van der Waals surface area contributed by atoms with Crippen LogP contribution in [0.3, 0.4) is 0 Å². The third-order valence-corrected chi connectivity index (χ3v) is 4.92. The topological polar surface area (TPSA) is 101 Å². The van der Waals surface area contributed by atoms with E-state index in [-0.39, 0.29) is 12.3 Å². The molecular weight excluding hydrogens is 294 g/mol. The first-order valence-electron chi connectivity index (χ1n) is 7.63. The van der Waals surface area contributed by atoms with Crippen LogP contribution in [0, 0.1) is 11.8 Å². The fraction of sp³-hybridized carbons (Fsp3) is 0.333. The van der Waals surface area contributed by atoms with Gasteiger partial charge < -0.3 is 15.9 Å². The number of hydrogen-bond acceptors (Lipinski definition) is 3. The Balaban J connectivity index is 1.84. The molecule has 120 valence electrons. The number of carboxylic acid groups (broad SMARTS) is 2. The van der Waals surface area contributed by atoms with Gasteiger partial charge >= 0.3 is 11.9 Å². The van der Waals surface area contributed by atoms with Gasteiger partial charge in [0.25, 0.3) is 0 Å². The van der Waals surface area contributed by atoms with Crippen molar-refractivity contribution >= 4 is 22.7 Å².